The maximum absolute atomic E-state index is 11.8. The van der Waals surface area contributed by atoms with Gasteiger partial charge in [0.1, 0.15) is 5.69 Å². The first-order chi connectivity index (χ1) is 6.38. The SMILES string of the molecule is CC(O)c1cn(CCC(F)(F)F)nn1. The van der Waals surface area contributed by atoms with Crippen molar-refractivity contribution in [3.05, 3.63) is 11.9 Å². The van der Waals surface area contributed by atoms with Gasteiger partial charge < -0.3 is 5.11 Å². The second kappa shape index (κ2) is 3.95. The van der Waals surface area contributed by atoms with Crippen molar-refractivity contribution in [2.45, 2.75) is 32.2 Å². The number of hydrogen-bond acceptors (Lipinski definition) is 3. The molecule has 0 radical (unpaired) electrons. The van der Waals surface area contributed by atoms with E-state index in [2.05, 4.69) is 10.3 Å². The van der Waals surface area contributed by atoms with E-state index in [4.69, 9.17) is 5.11 Å². The van der Waals surface area contributed by atoms with Crippen LogP contribution in [0, 0.1) is 0 Å². The van der Waals surface area contributed by atoms with E-state index in [0.717, 1.165) is 4.68 Å². The van der Waals surface area contributed by atoms with Crippen molar-refractivity contribution in [2.75, 3.05) is 0 Å². The first kappa shape index (κ1) is 11.0. The molecule has 7 heteroatoms. The number of alkyl halides is 3. The van der Waals surface area contributed by atoms with Crippen molar-refractivity contribution < 1.29 is 18.3 Å². The van der Waals surface area contributed by atoms with E-state index >= 15 is 0 Å². The van der Waals surface area contributed by atoms with Crippen molar-refractivity contribution in [3.8, 4) is 0 Å². The molecule has 1 atom stereocenters. The first-order valence-electron chi connectivity index (χ1n) is 4.03. The second-order valence-electron chi connectivity index (χ2n) is 2.95. The lowest BCUT2D eigenvalue weighted by molar-refractivity contribution is -0.137. The summed E-state index contributed by atoms with van der Waals surface area (Å²) in [6, 6.07) is 0. The van der Waals surface area contributed by atoms with Gasteiger partial charge in [-0.2, -0.15) is 13.2 Å². The summed E-state index contributed by atoms with van der Waals surface area (Å²) >= 11 is 0. The molecule has 1 rings (SSSR count). The lowest BCUT2D eigenvalue weighted by atomic mass is 10.3. The van der Waals surface area contributed by atoms with Crippen LogP contribution in [0.4, 0.5) is 13.2 Å². The molecule has 0 aliphatic carbocycles. The Morgan fingerprint density at radius 2 is 2.21 bits per heavy atom. The van der Waals surface area contributed by atoms with Crippen LogP contribution in [0.15, 0.2) is 6.20 Å². The second-order valence-corrected chi connectivity index (χ2v) is 2.95. The van der Waals surface area contributed by atoms with E-state index in [9.17, 15) is 13.2 Å². The van der Waals surface area contributed by atoms with Gasteiger partial charge in [0.2, 0.25) is 0 Å². The lowest BCUT2D eigenvalue weighted by Crippen LogP contribution is -2.12. The predicted octanol–water partition coefficient (Wildman–Crippen LogP) is 1.28. The Morgan fingerprint density at radius 3 is 2.64 bits per heavy atom. The maximum atomic E-state index is 11.8. The maximum Gasteiger partial charge on any atom is 0.390 e. The summed E-state index contributed by atoms with van der Waals surface area (Å²) in [5.74, 6) is 0. The minimum atomic E-state index is -4.20. The molecule has 1 N–H and O–H groups in total. The Hall–Kier alpha value is -1.11. The molecule has 1 aromatic heterocycles. The van der Waals surface area contributed by atoms with Gasteiger partial charge in [-0.05, 0) is 6.92 Å². The fourth-order valence-electron chi connectivity index (χ4n) is 0.855. The van der Waals surface area contributed by atoms with Crippen molar-refractivity contribution in [1.29, 1.82) is 0 Å². The number of aliphatic hydroxyl groups is 1. The zero-order valence-corrected chi connectivity index (χ0v) is 7.49. The number of nitrogens with zero attached hydrogens (tertiary/aromatic N) is 3. The van der Waals surface area contributed by atoms with Gasteiger partial charge in [-0.3, -0.25) is 4.68 Å². The zero-order valence-electron chi connectivity index (χ0n) is 7.49. The van der Waals surface area contributed by atoms with Crippen LogP contribution in [-0.2, 0) is 6.54 Å². The Kier molecular flexibility index (Phi) is 3.10. The van der Waals surface area contributed by atoms with E-state index in [-0.39, 0.29) is 12.2 Å². The minimum absolute atomic E-state index is 0.271. The fraction of sp³-hybridized carbons (Fsp3) is 0.714. The number of hydrogen-bond donors (Lipinski definition) is 1. The van der Waals surface area contributed by atoms with Crippen molar-refractivity contribution in [3.63, 3.8) is 0 Å². The molecule has 0 aromatic carbocycles. The molecule has 1 aromatic rings. The first-order valence-corrected chi connectivity index (χ1v) is 4.03. The molecule has 4 nitrogen and oxygen atoms in total. The third kappa shape index (κ3) is 3.33. The Morgan fingerprint density at radius 1 is 1.57 bits per heavy atom. The fourth-order valence-corrected chi connectivity index (χ4v) is 0.855. The molecule has 0 fully saturated rings. The zero-order chi connectivity index (χ0) is 10.8. The molecule has 14 heavy (non-hydrogen) atoms. The molecule has 0 aliphatic heterocycles. The quantitative estimate of drug-likeness (QED) is 0.815. The highest BCUT2D eigenvalue weighted by molar-refractivity contribution is 4.95. The van der Waals surface area contributed by atoms with E-state index in [0.29, 0.717) is 0 Å². The standard InChI is InChI=1S/C7H10F3N3O/c1-5(14)6-4-13(12-11-6)3-2-7(8,9)10/h4-5,14H,2-3H2,1H3. The van der Waals surface area contributed by atoms with Gasteiger partial charge in [-0.1, -0.05) is 5.21 Å². The van der Waals surface area contributed by atoms with Crippen molar-refractivity contribution in [1.82, 2.24) is 15.0 Å². The summed E-state index contributed by atoms with van der Waals surface area (Å²) in [7, 11) is 0. The molecular weight excluding hydrogens is 199 g/mol. The summed E-state index contributed by atoms with van der Waals surface area (Å²) in [4.78, 5) is 0. The van der Waals surface area contributed by atoms with Gasteiger partial charge in [0.25, 0.3) is 0 Å². The molecular formula is C7H10F3N3O. The molecule has 0 aliphatic rings. The molecule has 80 valence electrons. The van der Waals surface area contributed by atoms with Gasteiger partial charge in [-0.25, -0.2) is 0 Å². The molecule has 1 heterocycles. The highest BCUT2D eigenvalue weighted by Gasteiger charge is 2.26. The average molecular weight is 209 g/mol. The number of halogens is 3. The van der Waals surface area contributed by atoms with Gasteiger partial charge >= 0.3 is 6.18 Å². The number of rotatable bonds is 3. The molecule has 0 bridgehead atoms. The van der Waals surface area contributed by atoms with Gasteiger partial charge in [0, 0.05) is 0 Å². The topological polar surface area (TPSA) is 50.9 Å². The molecule has 0 saturated carbocycles. The largest absolute Gasteiger partial charge is 0.390 e. The van der Waals surface area contributed by atoms with Gasteiger partial charge in [0.15, 0.2) is 0 Å². The van der Waals surface area contributed by atoms with E-state index in [1.807, 2.05) is 0 Å². The van der Waals surface area contributed by atoms with E-state index in [1.165, 1.54) is 13.1 Å². The minimum Gasteiger partial charge on any atom is -0.387 e. The summed E-state index contributed by atoms with van der Waals surface area (Å²) in [5.41, 5.74) is 0.271. The predicted molar refractivity (Wildman–Crippen MR) is 41.3 cm³/mol. The van der Waals surface area contributed by atoms with Gasteiger partial charge in [-0.15, -0.1) is 5.10 Å². The van der Waals surface area contributed by atoms with Crippen LogP contribution in [0.1, 0.15) is 25.1 Å². The van der Waals surface area contributed by atoms with E-state index in [1.54, 1.807) is 0 Å². The third-order valence-electron chi connectivity index (χ3n) is 1.61. The van der Waals surface area contributed by atoms with Crippen molar-refractivity contribution in [2.24, 2.45) is 0 Å². The summed E-state index contributed by atoms with van der Waals surface area (Å²) in [5, 5.41) is 16.0. The number of aliphatic hydroxyl groups excluding tert-OH is 1. The smallest absolute Gasteiger partial charge is 0.387 e. The summed E-state index contributed by atoms with van der Waals surface area (Å²) in [6.45, 7) is 1.20. The molecule has 0 saturated heterocycles. The summed E-state index contributed by atoms with van der Waals surface area (Å²) in [6.07, 6.45) is -4.65. The monoisotopic (exact) mass is 209 g/mol. The van der Waals surface area contributed by atoms with Crippen molar-refractivity contribution >= 4 is 0 Å². The molecule has 1 unspecified atom stereocenters. The summed E-state index contributed by atoms with van der Waals surface area (Å²) < 4.78 is 36.5. The Bertz CT molecular complexity index is 295. The molecule has 0 amide bonds. The van der Waals surface area contributed by atoms with Crippen LogP contribution < -0.4 is 0 Å². The molecule has 0 spiro atoms. The highest BCUT2D eigenvalue weighted by Crippen LogP contribution is 2.20. The average Bonchev–Trinajstić information content (AvgIpc) is 2.47. The third-order valence-corrected chi connectivity index (χ3v) is 1.61. The Labute approximate surface area is 78.3 Å². The number of aromatic nitrogens is 3. The van der Waals surface area contributed by atoms with Crippen LogP contribution in [0.3, 0.4) is 0 Å². The van der Waals surface area contributed by atoms with Crippen LogP contribution in [0.2, 0.25) is 0 Å². The highest BCUT2D eigenvalue weighted by atomic mass is 19.4. The van der Waals surface area contributed by atoms with Gasteiger partial charge in [0.05, 0.1) is 25.3 Å². The number of aryl methyl sites for hydroxylation is 1. The Balaban J connectivity index is 2.52. The van der Waals surface area contributed by atoms with Crippen LogP contribution in [0.5, 0.6) is 0 Å². The lowest BCUT2D eigenvalue weighted by Gasteiger charge is -2.04. The van der Waals surface area contributed by atoms with Crippen LogP contribution in [0.25, 0.3) is 0 Å². The normalized spacial score (nSPS) is 14.4. The van der Waals surface area contributed by atoms with Crippen LogP contribution in [-0.4, -0.2) is 26.3 Å². The van der Waals surface area contributed by atoms with E-state index < -0.39 is 18.7 Å². The van der Waals surface area contributed by atoms with Crippen LogP contribution >= 0.6 is 0 Å².